The molecule has 5 heteroatoms. The fraction of sp³-hybridized carbons (Fsp3) is 0.357. The molecule has 1 aromatic carbocycles. The van der Waals surface area contributed by atoms with E-state index in [1.807, 2.05) is 13.0 Å². The zero-order valence-electron chi connectivity index (χ0n) is 11.1. The van der Waals surface area contributed by atoms with Crippen molar-refractivity contribution in [3.05, 3.63) is 29.3 Å². The van der Waals surface area contributed by atoms with Crippen LogP contribution in [0.3, 0.4) is 0 Å². The Kier molecular flexibility index (Phi) is 5.55. The summed E-state index contributed by atoms with van der Waals surface area (Å²) in [5, 5.41) is 14.6. The number of nitriles is 1. The molecule has 0 aliphatic heterocycles. The summed E-state index contributed by atoms with van der Waals surface area (Å²) < 4.78 is 0. The quantitative estimate of drug-likeness (QED) is 0.762. The van der Waals surface area contributed by atoms with Gasteiger partial charge in [0.05, 0.1) is 17.8 Å². The molecule has 0 heterocycles. The number of hydrogen-bond donors (Lipinski definition) is 2. The van der Waals surface area contributed by atoms with E-state index in [2.05, 4.69) is 10.6 Å². The molecule has 1 aromatic rings. The molecular weight excluding hydrogens is 242 g/mol. The zero-order valence-corrected chi connectivity index (χ0v) is 11.1. The van der Waals surface area contributed by atoms with Crippen LogP contribution in [0, 0.1) is 11.3 Å². The Hall–Kier alpha value is -2.35. The maximum absolute atomic E-state index is 11.5. The maximum Gasteiger partial charge on any atom is 0.239 e. The van der Waals surface area contributed by atoms with E-state index >= 15 is 0 Å². The second-order valence-corrected chi connectivity index (χ2v) is 4.13. The van der Waals surface area contributed by atoms with E-state index in [0.717, 1.165) is 6.42 Å². The van der Waals surface area contributed by atoms with Gasteiger partial charge in [0, 0.05) is 12.1 Å². The molecule has 0 aromatic heterocycles. The molecule has 19 heavy (non-hydrogen) atoms. The summed E-state index contributed by atoms with van der Waals surface area (Å²) in [4.78, 5) is 22.8. The van der Waals surface area contributed by atoms with Gasteiger partial charge in [-0.2, -0.15) is 5.26 Å². The lowest BCUT2D eigenvalue weighted by molar-refractivity contribution is -0.119. The smallest absolute Gasteiger partial charge is 0.239 e. The van der Waals surface area contributed by atoms with Crippen LogP contribution in [0.5, 0.6) is 0 Å². The first kappa shape index (κ1) is 14.7. The van der Waals surface area contributed by atoms with Crippen LogP contribution in [0.25, 0.3) is 0 Å². The van der Waals surface area contributed by atoms with Crippen LogP contribution in [-0.4, -0.2) is 24.8 Å². The normalized spacial score (nSPS) is 9.53. The van der Waals surface area contributed by atoms with Gasteiger partial charge in [0.25, 0.3) is 0 Å². The number of Topliss-reactive ketones (excluding diaryl/α,β-unsaturated/α-hetero) is 1. The first-order valence-corrected chi connectivity index (χ1v) is 6.14. The Bertz CT molecular complexity index is 518. The molecule has 0 saturated carbocycles. The van der Waals surface area contributed by atoms with Crippen molar-refractivity contribution in [1.29, 1.82) is 5.26 Å². The van der Waals surface area contributed by atoms with Crippen LogP contribution in [0.15, 0.2) is 18.2 Å². The van der Waals surface area contributed by atoms with Gasteiger partial charge in [0.2, 0.25) is 5.91 Å². The number of carbonyl (C=O) groups excluding carboxylic acids is 2. The second kappa shape index (κ2) is 7.17. The standard InChI is InChI=1S/C14H17N3O2/c1-3-6-16-14(19)9-17-13-7-11(10(2)18)4-5-12(13)8-15/h4-5,7,17H,3,6,9H2,1-2H3,(H,16,19). The number of nitrogens with zero attached hydrogens (tertiary/aromatic N) is 1. The van der Waals surface area contributed by atoms with Gasteiger partial charge in [-0.1, -0.05) is 6.92 Å². The monoisotopic (exact) mass is 259 g/mol. The lowest BCUT2D eigenvalue weighted by Crippen LogP contribution is -2.30. The summed E-state index contributed by atoms with van der Waals surface area (Å²) in [6, 6.07) is 6.79. The molecule has 5 nitrogen and oxygen atoms in total. The van der Waals surface area contributed by atoms with Crippen LogP contribution >= 0.6 is 0 Å². The molecule has 0 aliphatic rings. The van der Waals surface area contributed by atoms with Gasteiger partial charge >= 0.3 is 0 Å². The van der Waals surface area contributed by atoms with Gasteiger partial charge in [-0.05, 0) is 31.5 Å². The van der Waals surface area contributed by atoms with E-state index < -0.39 is 0 Å². The van der Waals surface area contributed by atoms with E-state index in [-0.39, 0.29) is 18.2 Å². The number of amides is 1. The molecule has 0 radical (unpaired) electrons. The van der Waals surface area contributed by atoms with Crippen molar-refractivity contribution < 1.29 is 9.59 Å². The van der Waals surface area contributed by atoms with Crippen molar-refractivity contribution in [2.75, 3.05) is 18.4 Å². The number of benzene rings is 1. The fourth-order valence-electron chi connectivity index (χ4n) is 1.51. The Morgan fingerprint density at radius 1 is 1.37 bits per heavy atom. The summed E-state index contributed by atoms with van der Waals surface area (Å²) in [5.74, 6) is -0.220. The summed E-state index contributed by atoms with van der Waals surface area (Å²) in [6.07, 6.45) is 0.870. The van der Waals surface area contributed by atoms with Crippen LogP contribution in [-0.2, 0) is 4.79 Å². The lowest BCUT2D eigenvalue weighted by Gasteiger charge is -2.09. The van der Waals surface area contributed by atoms with Crippen molar-refractivity contribution in [1.82, 2.24) is 5.32 Å². The highest BCUT2D eigenvalue weighted by Gasteiger charge is 2.07. The number of nitrogens with one attached hydrogen (secondary N) is 2. The van der Waals surface area contributed by atoms with Crippen molar-refractivity contribution in [2.24, 2.45) is 0 Å². The third-order valence-electron chi connectivity index (χ3n) is 2.56. The Balaban J connectivity index is 2.76. The highest BCUT2D eigenvalue weighted by Crippen LogP contribution is 2.17. The number of hydrogen-bond acceptors (Lipinski definition) is 4. The average molecular weight is 259 g/mol. The van der Waals surface area contributed by atoms with E-state index in [9.17, 15) is 9.59 Å². The van der Waals surface area contributed by atoms with Gasteiger partial charge in [0.15, 0.2) is 5.78 Å². The number of rotatable bonds is 6. The molecule has 100 valence electrons. The highest BCUT2D eigenvalue weighted by atomic mass is 16.1. The summed E-state index contributed by atoms with van der Waals surface area (Å²) in [7, 11) is 0. The third-order valence-corrected chi connectivity index (χ3v) is 2.56. The summed E-state index contributed by atoms with van der Waals surface area (Å²) in [6.45, 7) is 4.13. The molecule has 0 bridgehead atoms. The highest BCUT2D eigenvalue weighted by molar-refractivity contribution is 5.95. The molecule has 1 amide bonds. The Morgan fingerprint density at radius 3 is 2.68 bits per heavy atom. The molecule has 1 rings (SSSR count). The first-order chi connectivity index (χ1) is 9.08. The molecule has 2 N–H and O–H groups in total. The van der Waals surface area contributed by atoms with Crippen molar-refractivity contribution in [3.8, 4) is 6.07 Å². The van der Waals surface area contributed by atoms with Crippen LogP contribution in [0.4, 0.5) is 5.69 Å². The van der Waals surface area contributed by atoms with Gasteiger partial charge < -0.3 is 10.6 Å². The Morgan fingerprint density at radius 2 is 2.11 bits per heavy atom. The first-order valence-electron chi connectivity index (χ1n) is 6.14. The van der Waals surface area contributed by atoms with Gasteiger partial charge in [-0.25, -0.2) is 0 Å². The van der Waals surface area contributed by atoms with Gasteiger partial charge in [0.1, 0.15) is 6.07 Å². The lowest BCUT2D eigenvalue weighted by atomic mass is 10.1. The minimum absolute atomic E-state index is 0.0794. The van der Waals surface area contributed by atoms with E-state index in [1.54, 1.807) is 18.2 Å². The minimum atomic E-state index is -0.140. The summed E-state index contributed by atoms with van der Waals surface area (Å²) in [5.41, 5.74) is 1.42. The largest absolute Gasteiger partial charge is 0.375 e. The molecular formula is C14H17N3O2. The zero-order chi connectivity index (χ0) is 14.3. The molecule has 0 atom stereocenters. The maximum atomic E-state index is 11.5. The molecule has 0 saturated heterocycles. The van der Waals surface area contributed by atoms with Crippen LogP contribution in [0.2, 0.25) is 0 Å². The van der Waals surface area contributed by atoms with E-state index in [0.29, 0.717) is 23.4 Å². The summed E-state index contributed by atoms with van der Waals surface area (Å²) >= 11 is 0. The molecule has 0 unspecified atom stereocenters. The molecule has 0 spiro atoms. The van der Waals surface area contributed by atoms with Crippen molar-refractivity contribution >= 4 is 17.4 Å². The molecule has 0 fully saturated rings. The fourth-order valence-corrected chi connectivity index (χ4v) is 1.51. The Labute approximate surface area is 112 Å². The predicted octanol–water partition coefficient (Wildman–Crippen LogP) is 1.70. The molecule has 0 aliphatic carbocycles. The van der Waals surface area contributed by atoms with Crippen LogP contribution < -0.4 is 10.6 Å². The van der Waals surface area contributed by atoms with Crippen LogP contribution in [0.1, 0.15) is 36.2 Å². The van der Waals surface area contributed by atoms with Crippen molar-refractivity contribution in [2.45, 2.75) is 20.3 Å². The topological polar surface area (TPSA) is 82.0 Å². The minimum Gasteiger partial charge on any atom is -0.375 e. The number of ketones is 1. The van der Waals surface area contributed by atoms with E-state index in [4.69, 9.17) is 5.26 Å². The second-order valence-electron chi connectivity index (χ2n) is 4.13. The predicted molar refractivity (Wildman–Crippen MR) is 73.0 cm³/mol. The van der Waals surface area contributed by atoms with E-state index in [1.165, 1.54) is 6.92 Å². The van der Waals surface area contributed by atoms with Gasteiger partial charge in [-0.15, -0.1) is 0 Å². The van der Waals surface area contributed by atoms with Crippen molar-refractivity contribution in [3.63, 3.8) is 0 Å². The third kappa shape index (κ3) is 4.43. The number of anilines is 1. The SMILES string of the molecule is CCCNC(=O)CNc1cc(C(C)=O)ccc1C#N. The average Bonchev–Trinajstić information content (AvgIpc) is 2.42. The van der Waals surface area contributed by atoms with Gasteiger partial charge in [-0.3, -0.25) is 9.59 Å². The number of carbonyl (C=O) groups is 2.